The van der Waals surface area contributed by atoms with Crippen molar-refractivity contribution < 1.29 is 4.74 Å². The van der Waals surface area contributed by atoms with Gasteiger partial charge in [0.15, 0.2) is 0 Å². The first kappa shape index (κ1) is 7.96. The van der Waals surface area contributed by atoms with Gasteiger partial charge in [-0.25, -0.2) is 0 Å². The van der Waals surface area contributed by atoms with E-state index >= 15 is 0 Å². The second kappa shape index (κ2) is 5.10. The van der Waals surface area contributed by atoms with Crippen molar-refractivity contribution in [1.82, 2.24) is 0 Å². The molecule has 1 atom stereocenters. The zero-order chi connectivity index (χ0) is 6.41. The fourth-order valence-corrected chi connectivity index (χ4v) is 0.429. The monoisotopic (exact) mass is 115 g/mol. The first-order valence-electron chi connectivity index (χ1n) is 3.18. The SMILES string of the molecule is [CH2]C(C)CCOCC. The summed E-state index contributed by atoms with van der Waals surface area (Å²) in [7, 11) is 0. The third kappa shape index (κ3) is 5.96. The van der Waals surface area contributed by atoms with E-state index in [1.807, 2.05) is 6.92 Å². The maximum atomic E-state index is 5.10. The van der Waals surface area contributed by atoms with Crippen LogP contribution in [-0.4, -0.2) is 13.2 Å². The van der Waals surface area contributed by atoms with Crippen molar-refractivity contribution in [2.45, 2.75) is 20.3 Å². The quantitative estimate of drug-likeness (QED) is 0.508. The summed E-state index contributed by atoms with van der Waals surface area (Å²) >= 11 is 0. The predicted octanol–water partition coefficient (Wildman–Crippen LogP) is 1.88. The maximum Gasteiger partial charge on any atom is 0.0468 e. The van der Waals surface area contributed by atoms with Gasteiger partial charge in [-0.1, -0.05) is 13.8 Å². The van der Waals surface area contributed by atoms with E-state index in [2.05, 4.69) is 13.8 Å². The van der Waals surface area contributed by atoms with Gasteiger partial charge in [0.25, 0.3) is 0 Å². The van der Waals surface area contributed by atoms with Crippen LogP contribution in [0, 0.1) is 12.8 Å². The molecule has 0 aromatic carbocycles. The van der Waals surface area contributed by atoms with Gasteiger partial charge in [0, 0.05) is 13.2 Å². The van der Waals surface area contributed by atoms with Gasteiger partial charge in [0.1, 0.15) is 0 Å². The molecule has 8 heavy (non-hydrogen) atoms. The van der Waals surface area contributed by atoms with Crippen LogP contribution in [0.5, 0.6) is 0 Å². The van der Waals surface area contributed by atoms with Crippen LogP contribution in [0.1, 0.15) is 20.3 Å². The Kier molecular flexibility index (Phi) is 5.08. The highest BCUT2D eigenvalue weighted by Gasteiger charge is 1.90. The summed E-state index contributed by atoms with van der Waals surface area (Å²) < 4.78 is 5.10. The fourth-order valence-electron chi connectivity index (χ4n) is 0.429. The Morgan fingerprint density at radius 1 is 1.62 bits per heavy atom. The molecule has 49 valence electrons. The molecule has 1 unspecified atom stereocenters. The summed E-state index contributed by atoms with van der Waals surface area (Å²) in [5, 5.41) is 0. The molecule has 0 aliphatic heterocycles. The van der Waals surface area contributed by atoms with Crippen molar-refractivity contribution in [1.29, 1.82) is 0 Å². The van der Waals surface area contributed by atoms with Gasteiger partial charge >= 0.3 is 0 Å². The van der Waals surface area contributed by atoms with E-state index in [1.54, 1.807) is 0 Å². The molecule has 0 saturated heterocycles. The minimum atomic E-state index is 0.529. The lowest BCUT2D eigenvalue weighted by Gasteiger charge is -2.02. The van der Waals surface area contributed by atoms with E-state index < -0.39 is 0 Å². The molecular weight excluding hydrogens is 100 g/mol. The molecule has 0 aliphatic rings. The Bertz CT molecular complexity index is 41.7. The van der Waals surface area contributed by atoms with Crippen molar-refractivity contribution in [2.75, 3.05) is 13.2 Å². The standard InChI is InChI=1S/C7H15O/c1-4-8-6-5-7(2)3/h7H,2,4-6H2,1,3H3. The lowest BCUT2D eigenvalue weighted by Crippen LogP contribution is -1.97. The third-order valence-corrected chi connectivity index (χ3v) is 0.959. The molecule has 0 heterocycles. The average Bonchev–Trinajstić information content (AvgIpc) is 1.66. The minimum Gasteiger partial charge on any atom is -0.382 e. The molecule has 0 aromatic heterocycles. The Morgan fingerprint density at radius 3 is 2.62 bits per heavy atom. The molecule has 0 spiro atoms. The zero-order valence-electron chi connectivity index (χ0n) is 5.81. The molecular formula is C7H15O. The Balaban J connectivity index is 2.72. The molecule has 0 amide bonds. The predicted molar refractivity (Wildman–Crippen MR) is 35.6 cm³/mol. The summed E-state index contributed by atoms with van der Waals surface area (Å²) in [6, 6.07) is 0. The number of rotatable bonds is 4. The Hall–Kier alpha value is -0.0400. The molecule has 1 heteroatoms. The zero-order valence-corrected chi connectivity index (χ0v) is 5.81. The van der Waals surface area contributed by atoms with Crippen LogP contribution in [0.15, 0.2) is 0 Å². The average molecular weight is 115 g/mol. The van der Waals surface area contributed by atoms with Crippen LogP contribution in [0.4, 0.5) is 0 Å². The fraction of sp³-hybridized carbons (Fsp3) is 0.857. The van der Waals surface area contributed by atoms with Gasteiger partial charge in [-0.2, -0.15) is 0 Å². The Labute approximate surface area is 52.0 Å². The molecule has 1 radical (unpaired) electrons. The van der Waals surface area contributed by atoms with Gasteiger partial charge in [-0.3, -0.25) is 0 Å². The highest BCUT2D eigenvalue weighted by atomic mass is 16.5. The molecule has 0 saturated carbocycles. The summed E-state index contributed by atoms with van der Waals surface area (Å²) in [5.41, 5.74) is 0. The van der Waals surface area contributed by atoms with Crippen molar-refractivity contribution in [3.05, 3.63) is 6.92 Å². The molecule has 0 rings (SSSR count). The Morgan fingerprint density at radius 2 is 2.25 bits per heavy atom. The summed E-state index contributed by atoms with van der Waals surface area (Å²) in [6.07, 6.45) is 1.08. The second-order valence-corrected chi connectivity index (χ2v) is 2.09. The van der Waals surface area contributed by atoms with Crippen LogP contribution in [0.25, 0.3) is 0 Å². The van der Waals surface area contributed by atoms with E-state index in [0.29, 0.717) is 5.92 Å². The van der Waals surface area contributed by atoms with Crippen LogP contribution < -0.4 is 0 Å². The van der Waals surface area contributed by atoms with E-state index in [4.69, 9.17) is 4.74 Å². The molecule has 0 aromatic rings. The van der Waals surface area contributed by atoms with Gasteiger partial charge < -0.3 is 4.74 Å². The molecule has 0 N–H and O–H groups in total. The summed E-state index contributed by atoms with van der Waals surface area (Å²) in [5.74, 6) is 0.529. The largest absolute Gasteiger partial charge is 0.382 e. The van der Waals surface area contributed by atoms with Gasteiger partial charge in [0.05, 0.1) is 0 Å². The summed E-state index contributed by atoms with van der Waals surface area (Å²) in [6.45, 7) is 9.62. The van der Waals surface area contributed by atoms with Crippen LogP contribution in [0.3, 0.4) is 0 Å². The number of hydrogen-bond acceptors (Lipinski definition) is 1. The first-order chi connectivity index (χ1) is 3.77. The van der Waals surface area contributed by atoms with E-state index in [0.717, 1.165) is 19.6 Å². The highest BCUT2D eigenvalue weighted by Crippen LogP contribution is 1.97. The maximum absolute atomic E-state index is 5.10. The lowest BCUT2D eigenvalue weighted by atomic mass is 10.1. The van der Waals surface area contributed by atoms with Gasteiger partial charge in [-0.15, -0.1) is 0 Å². The van der Waals surface area contributed by atoms with Crippen LogP contribution in [-0.2, 0) is 4.74 Å². The van der Waals surface area contributed by atoms with E-state index in [1.165, 1.54) is 0 Å². The molecule has 0 fully saturated rings. The normalized spacial score (nSPS) is 10.5. The van der Waals surface area contributed by atoms with E-state index in [-0.39, 0.29) is 0 Å². The van der Waals surface area contributed by atoms with Crippen molar-refractivity contribution in [3.8, 4) is 0 Å². The van der Waals surface area contributed by atoms with Crippen LogP contribution >= 0.6 is 0 Å². The first-order valence-corrected chi connectivity index (χ1v) is 3.18. The summed E-state index contributed by atoms with van der Waals surface area (Å²) in [4.78, 5) is 0. The van der Waals surface area contributed by atoms with Crippen LogP contribution in [0.2, 0.25) is 0 Å². The lowest BCUT2D eigenvalue weighted by molar-refractivity contribution is 0.138. The molecule has 0 bridgehead atoms. The van der Waals surface area contributed by atoms with Crippen molar-refractivity contribution >= 4 is 0 Å². The second-order valence-electron chi connectivity index (χ2n) is 2.09. The molecule has 0 aliphatic carbocycles. The minimum absolute atomic E-state index is 0.529. The van der Waals surface area contributed by atoms with Crippen molar-refractivity contribution in [2.24, 2.45) is 5.92 Å². The number of ether oxygens (including phenoxy) is 1. The van der Waals surface area contributed by atoms with Crippen molar-refractivity contribution in [3.63, 3.8) is 0 Å². The highest BCUT2D eigenvalue weighted by molar-refractivity contribution is 4.51. The van der Waals surface area contributed by atoms with Gasteiger partial charge in [0.2, 0.25) is 0 Å². The topological polar surface area (TPSA) is 9.23 Å². The van der Waals surface area contributed by atoms with Gasteiger partial charge in [-0.05, 0) is 19.3 Å². The molecule has 1 nitrogen and oxygen atoms in total. The smallest absolute Gasteiger partial charge is 0.0468 e. The third-order valence-electron chi connectivity index (χ3n) is 0.959. The van der Waals surface area contributed by atoms with E-state index in [9.17, 15) is 0 Å². The number of hydrogen-bond donors (Lipinski definition) is 0.